The molecule has 0 aromatic carbocycles. The Labute approximate surface area is 129 Å². The first-order chi connectivity index (χ1) is 9.95. The van der Waals surface area contributed by atoms with E-state index < -0.39 is 0 Å². The third-order valence-electron chi connectivity index (χ3n) is 8.11. The van der Waals surface area contributed by atoms with Crippen molar-refractivity contribution in [1.82, 2.24) is 0 Å². The van der Waals surface area contributed by atoms with E-state index in [2.05, 4.69) is 32.9 Å². The lowest BCUT2D eigenvalue weighted by atomic mass is 9.46. The van der Waals surface area contributed by atoms with Crippen molar-refractivity contribution in [1.29, 1.82) is 0 Å². The van der Waals surface area contributed by atoms with Gasteiger partial charge >= 0.3 is 0 Å². The molecule has 3 fully saturated rings. The number of rotatable bonds is 0. The van der Waals surface area contributed by atoms with Gasteiger partial charge in [0.05, 0.1) is 0 Å². The summed E-state index contributed by atoms with van der Waals surface area (Å²) in [6.07, 6.45) is 13.7. The van der Waals surface area contributed by atoms with Gasteiger partial charge in [-0.25, -0.2) is 0 Å². The van der Waals surface area contributed by atoms with Crippen molar-refractivity contribution in [3.05, 3.63) is 12.2 Å². The van der Waals surface area contributed by atoms with E-state index in [0.29, 0.717) is 17.1 Å². The van der Waals surface area contributed by atoms with Crippen LogP contribution < -0.4 is 0 Å². The Morgan fingerprint density at radius 3 is 2.71 bits per heavy atom. The average Bonchev–Trinajstić information content (AvgIpc) is 2.76. The molecule has 0 saturated heterocycles. The second kappa shape index (κ2) is 4.46. The van der Waals surface area contributed by atoms with Crippen LogP contribution in [0.15, 0.2) is 12.2 Å². The fraction of sp³-hybridized carbons (Fsp3) is 0.850. The summed E-state index contributed by atoms with van der Waals surface area (Å²) >= 11 is 0. The first kappa shape index (κ1) is 14.0. The molecule has 0 heterocycles. The van der Waals surface area contributed by atoms with Gasteiger partial charge in [0.15, 0.2) is 0 Å². The number of Topliss-reactive ketones (excluding diaryl/α,β-unsaturated/α-hetero) is 1. The van der Waals surface area contributed by atoms with Gasteiger partial charge in [0, 0.05) is 11.8 Å². The third-order valence-corrected chi connectivity index (χ3v) is 8.11. The molecule has 0 aliphatic heterocycles. The van der Waals surface area contributed by atoms with Gasteiger partial charge in [-0.2, -0.15) is 0 Å². The minimum atomic E-state index is 0.0377. The minimum Gasteiger partial charge on any atom is -0.299 e. The summed E-state index contributed by atoms with van der Waals surface area (Å²) in [7, 11) is 0. The lowest BCUT2D eigenvalue weighted by Gasteiger charge is -2.58. The number of ketones is 1. The Kier molecular flexibility index (Phi) is 2.98. The van der Waals surface area contributed by atoms with E-state index in [1.54, 1.807) is 0 Å². The standard InChI is InChI=1S/C20H30O/c1-13-8-10-19(2)14(12-13)4-5-15-16-6-7-18(21)20(16,3)11-9-17(15)19/h8,10,13-17H,4-7,9,11-12H2,1-3H3/t13?,14?,15-,16-,17+,19-,20-/m0/s1. The van der Waals surface area contributed by atoms with E-state index in [1.807, 2.05) is 0 Å². The van der Waals surface area contributed by atoms with Crippen LogP contribution in [-0.4, -0.2) is 5.78 Å². The number of allylic oxidation sites excluding steroid dienone is 2. The summed E-state index contributed by atoms with van der Waals surface area (Å²) in [5.41, 5.74) is 0.457. The second-order valence-electron chi connectivity index (χ2n) is 9.01. The van der Waals surface area contributed by atoms with E-state index in [-0.39, 0.29) is 5.41 Å². The summed E-state index contributed by atoms with van der Waals surface area (Å²) < 4.78 is 0. The van der Waals surface area contributed by atoms with Crippen molar-refractivity contribution < 1.29 is 4.79 Å². The lowest BCUT2D eigenvalue weighted by Crippen LogP contribution is -2.52. The Hall–Kier alpha value is -0.590. The molecule has 1 nitrogen and oxygen atoms in total. The molecule has 0 bridgehead atoms. The number of carbonyl (C=O) groups excluding carboxylic acids is 1. The Morgan fingerprint density at radius 1 is 1.10 bits per heavy atom. The molecule has 0 aromatic heterocycles. The molecule has 4 aliphatic rings. The molecule has 4 rings (SSSR count). The van der Waals surface area contributed by atoms with E-state index in [0.717, 1.165) is 36.5 Å². The van der Waals surface area contributed by atoms with Crippen molar-refractivity contribution in [2.75, 3.05) is 0 Å². The predicted octanol–water partition coefficient (Wildman–Crippen LogP) is 5.01. The first-order valence-electron chi connectivity index (χ1n) is 9.18. The van der Waals surface area contributed by atoms with Gasteiger partial charge in [-0.05, 0) is 73.5 Å². The highest BCUT2D eigenvalue weighted by Gasteiger charge is 2.59. The van der Waals surface area contributed by atoms with Crippen LogP contribution in [0.5, 0.6) is 0 Å². The summed E-state index contributed by atoms with van der Waals surface area (Å²) in [6.45, 7) is 7.20. The summed E-state index contributed by atoms with van der Waals surface area (Å²) in [4.78, 5) is 12.4. The molecule has 0 spiro atoms. The summed E-state index contributed by atoms with van der Waals surface area (Å²) in [5, 5.41) is 0. The molecule has 116 valence electrons. The zero-order valence-corrected chi connectivity index (χ0v) is 13.9. The molecular weight excluding hydrogens is 256 g/mol. The van der Waals surface area contributed by atoms with Crippen LogP contribution in [0.25, 0.3) is 0 Å². The van der Waals surface area contributed by atoms with Gasteiger partial charge < -0.3 is 0 Å². The monoisotopic (exact) mass is 286 g/mol. The maximum atomic E-state index is 12.4. The van der Waals surface area contributed by atoms with Crippen LogP contribution in [0.4, 0.5) is 0 Å². The van der Waals surface area contributed by atoms with E-state index >= 15 is 0 Å². The molecule has 2 unspecified atom stereocenters. The molecule has 0 radical (unpaired) electrons. The highest BCUT2D eigenvalue weighted by atomic mass is 16.1. The fourth-order valence-corrected chi connectivity index (χ4v) is 6.77. The Balaban J connectivity index is 1.68. The normalized spacial score (nSPS) is 55.8. The second-order valence-corrected chi connectivity index (χ2v) is 9.01. The van der Waals surface area contributed by atoms with Gasteiger partial charge in [-0.15, -0.1) is 0 Å². The van der Waals surface area contributed by atoms with Crippen LogP contribution in [-0.2, 0) is 4.79 Å². The third kappa shape index (κ3) is 1.79. The Bertz CT molecular complexity index is 492. The smallest absolute Gasteiger partial charge is 0.139 e. The SMILES string of the molecule is CC1C=C[C@@]2(C)C(CC[C@@H]3[C@H]2CC[C@]2(C)C(=O)CC[C@@H]32)C1. The highest BCUT2D eigenvalue weighted by molar-refractivity contribution is 5.87. The number of hydrogen-bond donors (Lipinski definition) is 0. The molecule has 3 saturated carbocycles. The van der Waals surface area contributed by atoms with Crippen LogP contribution in [0, 0.1) is 40.4 Å². The zero-order valence-electron chi connectivity index (χ0n) is 13.9. The number of hydrogen-bond acceptors (Lipinski definition) is 1. The number of fused-ring (bicyclic) bond motifs is 5. The topological polar surface area (TPSA) is 17.1 Å². The predicted molar refractivity (Wildman–Crippen MR) is 85.8 cm³/mol. The molecule has 4 aliphatic carbocycles. The highest BCUT2D eigenvalue weighted by Crippen LogP contribution is 2.64. The van der Waals surface area contributed by atoms with E-state index in [1.165, 1.54) is 32.1 Å². The molecule has 0 amide bonds. The average molecular weight is 286 g/mol. The van der Waals surface area contributed by atoms with Crippen LogP contribution in [0.1, 0.15) is 65.7 Å². The maximum absolute atomic E-state index is 12.4. The van der Waals surface area contributed by atoms with Gasteiger partial charge in [0.25, 0.3) is 0 Å². The lowest BCUT2D eigenvalue weighted by molar-refractivity contribution is -0.134. The molecule has 1 heteroatoms. The van der Waals surface area contributed by atoms with Crippen molar-refractivity contribution in [3.63, 3.8) is 0 Å². The summed E-state index contributed by atoms with van der Waals surface area (Å²) in [5.74, 6) is 4.57. The molecule has 0 N–H and O–H groups in total. The van der Waals surface area contributed by atoms with Gasteiger partial charge in [-0.1, -0.05) is 32.9 Å². The summed E-state index contributed by atoms with van der Waals surface area (Å²) in [6, 6.07) is 0. The van der Waals surface area contributed by atoms with Gasteiger partial charge in [-0.3, -0.25) is 4.79 Å². The first-order valence-corrected chi connectivity index (χ1v) is 9.18. The fourth-order valence-electron chi connectivity index (χ4n) is 6.77. The van der Waals surface area contributed by atoms with Gasteiger partial charge in [0.1, 0.15) is 5.78 Å². The molecule has 7 atom stereocenters. The molecule has 0 aromatic rings. The molecular formula is C20H30O. The number of carbonyl (C=O) groups is 1. The Morgan fingerprint density at radius 2 is 1.90 bits per heavy atom. The van der Waals surface area contributed by atoms with Crippen molar-refractivity contribution >= 4 is 5.78 Å². The van der Waals surface area contributed by atoms with Crippen molar-refractivity contribution in [2.45, 2.75) is 65.7 Å². The van der Waals surface area contributed by atoms with Crippen molar-refractivity contribution in [3.8, 4) is 0 Å². The van der Waals surface area contributed by atoms with Gasteiger partial charge in [0.2, 0.25) is 0 Å². The van der Waals surface area contributed by atoms with Crippen LogP contribution >= 0.6 is 0 Å². The van der Waals surface area contributed by atoms with Crippen LogP contribution in [0.3, 0.4) is 0 Å². The van der Waals surface area contributed by atoms with E-state index in [4.69, 9.17) is 0 Å². The maximum Gasteiger partial charge on any atom is 0.139 e. The quantitative estimate of drug-likeness (QED) is 0.572. The van der Waals surface area contributed by atoms with Crippen LogP contribution in [0.2, 0.25) is 0 Å². The molecule has 21 heavy (non-hydrogen) atoms. The van der Waals surface area contributed by atoms with E-state index in [9.17, 15) is 4.79 Å². The zero-order chi connectivity index (χ0) is 14.8. The minimum absolute atomic E-state index is 0.0377. The van der Waals surface area contributed by atoms with Crippen molar-refractivity contribution in [2.24, 2.45) is 40.4 Å². The largest absolute Gasteiger partial charge is 0.299 e.